The van der Waals surface area contributed by atoms with Crippen molar-refractivity contribution in [3.63, 3.8) is 0 Å². The average Bonchev–Trinajstić information content (AvgIpc) is 3.40. The molecule has 2 amide bonds. The van der Waals surface area contributed by atoms with Gasteiger partial charge in [-0.3, -0.25) is 9.78 Å². The number of carbonyl (C=O) groups is 2. The summed E-state index contributed by atoms with van der Waals surface area (Å²) in [5, 5.41) is 16.0. The van der Waals surface area contributed by atoms with Crippen LogP contribution in [-0.4, -0.2) is 61.6 Å². The summed E-state index contributed by atoms with van der Waals surface area (Å²) in [6, 6.07) is 9.05. The molecule has 206 valence electrons. The largest absolute Gasteiger partial charge is 0.465 e. The van der Waals surface area contributed by atoms with Crippen LogP contribution in [0.15, 0.2) is 70.4 Å². The van der Waals surface area contributed by atoms with Gasteiger partial charge in [0, 0.05) is 49.8 Å². The van der Waals surface area contributed by atoms with Crippen LogP contribution >= 0.6 is 23.1 Å². The van der Waals surface area contributed by atoms with Crippen molar-refractivity contribution in [2.24, 2.45) is 0 Å². The summed E-state index contributed by atoms with van der Waals surface area (Å²) in [5.41, 5.74) is 1.20. The molecular formula is C27H26FN7O3S2. The van der Waals surface area contributed by atoms with Gasteiger partial charge in [0.05, 0.1) is 15.3 Å². The number of piperidine rings is 1. The predicted molar refractivity (Wildman–Crippen MR) is 150 cm³/mol. The van der Waals surface area contributed by atoms with E-state index in [0.717, 1.165) is 27.1 Å². The first-order valence-electron chi connectivity index (χ1n) is 12.5. The maximum absolute atomic E-state index is 15.5. The van der Waals surface area contributed by atoms with E-state index >= 15 is 4.39 Å². The first kappa shape index (κ1) is 27.5. The number of likely N-dealkylation sites (tertiary alicyclic amines) is 1. The molecule has 0 saturated carbocycles. The molecule has 0 unspecified atom stereocenters. The summed E-state index contributed by atoms with van der Waals surface area (Å²) in [4.78, 5) is 42.9. The van der Waals surface area contributed by atoms with E-state index in [1.807, 2.05) is 31.2 Å². The lowest BCUT2D eigenvalue weighted by Crippen LogP contribution is -2.50. The van der Waals surface area contributed by atoms with E-state index in [2.05, 4.69) is 30.6 Å². The fourth-order valence-electron chi connectivity index (χ4n) is 4.58. The van der Waals surface area contributed by atoms with Crippen molar-refractivity contribution >= 4 is 46.0 Å². The molecule has 1 aliphatic rings. The van der Waals surface area contributed by atoms with Crippen molar-refractivity contribution in [2.75, 3.05) is 25.0 Å². The van der Waals surface area contributed by atoms with Gasteiger partial charge in [-0.15, -0.1) is 0 Å². The van der Waals surface area contributed by atoms with E-state index in [1.165, 1.54) is 28.5 Å². The molecule has 0 spiro atoms. The van der Waals surface area contributed by atoms with Crippen LogP contribution in [0.5, 0.6) is 0 Å². The van der Waals surface area contributed by atoms with Crippen molar-refractivity contribution < 1.29 is 19.1 Å². The van der Waals surface area contributed by atoms with E-state index in [0.29, 0.717) is 36.9 Å². The van der Waals surface area contributed by atoms with E-state index < -0.39 is 23.2 Å². The second-order valence-electron chi connectivity index (χ2n) is 9.37. The number of hydrogen-bond donors (Lipinski definition) is 3. The van der Waals surface area contributed by atoms with Crippen LogP contribution in [0.1, 0.15) is 34.5 Å². The van der Waals surface area contributed by atoms with E-state index in [-0.39, 0.29) is 17.1 Å². The van der Waals surface area contributed by atoms with Gasteiger partial charge in [-0.2, -0.15) is 0 Å². The van der Waals surface area contributed by atoms with Gasteiger partial charge in [-0.25, -0.2) is 24.1 Å². The maximum atomic E-state index is 15.5. The van der Waals surface area contributed by atoms with Crippen molar-refractivity contribution in [1.29, 1.82) is 0 Å². The van der Waals surface area contributed by atoms with Crippen LogP contribution in [0.25, 0.3) is 0 Å². The van der Waals surface area contributed by atoms with Crippen LogP contribution in [0, 0.1) is 12.7 Å². The zero-order valence-corrected chi connectivity index (χ0v) is 23.1. The van der Waals surface area contributed by atoms with Crippen molar-refractivity contribution in [3.8, 4) is 0 Å². The molecule has 5 heterocycles. The minimum Gasteiger partial charge on any atom is -0.465 e. The minimum atomic E-state index is -0.969. The highest BCUT2D eigenvalue weighted by atomic mass is 32.2. The molecule has 1 fully saturated rings. The quantitative estimate of drug-likeness (QED) is 0.260. The number of hydrogen-bond acceptors (Lipinski definition) is 9. The average molecular weight is 580 g/mol. The smallest absolute Gasteiger partial charge is 0.407 e. The van der Waals surface area contributed by atoms with Crippen LogP contribution in [0.2, 0.25) is 0 Å². The van der Waals surface area contributed by atoms with Gasteiger partial charge in [0.1, 0.15) is 5.82 Å². The molecule has 3 N–H and O–H groups in total. The maximum Gasteiger partial charge on any atom is 0.407 e. The zero-order valence-electron chi connectivity index (χ0n) is 21.5. The number of aromatic nitrogens is 4. The van der Waals surface area contributed by atoms with Crippen LogP contribution < -0.4 is 10.6 Å². The first-order valence-corrected chi connectivity index (χ1v) is 14.1. The van der Waals surface area contributed by atoms with E-state index in [9.17, 15) is 14.7 Å². The molecule has 4 aromatic heterocycles. The number of pyridine rings is 3. The fourth-order valence-corrected chi connectivity index (χ4v) is 6.45. The summed E-state index contributed by atoms with van der Waals surface area (Å²) in [7, 11) is 0. The van der Waals surface area contributed by atoms with Gasteiger partial charge in [-0.1, -0.05) is 23.1 Å². The molecule has 5 rings (SSSR count). The van der Waals surface area contributed by atoms with Gasteiger partial charge in [0.15, 0.2) is 16.6 Å². The van der Waals surface area contributed by atoms with Gasteiger partial charge in [-0.05, 0) is 61.2 Å². The Kier molecular flexibility index (Phi) is 8.21. The Labute approximate surface area is 238 Å². The first-order chi connectivity index (χ1) is 19.3. The minimum absolute atomic E-state index is 0.207. The highest BCUT2D eigenvalue weighted by molar-refractivity contribution is 8.01. The van der Waals surface area contributed by atoms with Crippen LogP contribution in [0.4, 0.5) is 20.1 Å². The number of rotatable bonds is 8. The summed E-state index contributed by atoms with van der Waals surface area (Å²) in [6.45, 7) is 2.84. The number of anilines is 2. The van der Waals surface area contributed by atoms with Crippen LogP contribution in [-0.2, 0) is 5.41 Å². The van der Waals surface area contributed by atoms with Gasteiger partial charge in [0.2, 0.25) is 0 Å². The highest BCUT2D eigenvalue weighted by Crippen LogP contribution is 2.37. The number of aryl methyl sites for hydroxylation is 1. The SMILES string of the molecule is Cc1ccnc(Nc2ncc(Sc3ccnc(C(=O)NCC4(c5ccncc5)CCN(C(=O)O)CC4)c3F)s2)c1. The lowest BCUT2D eigenvalue weighted by molar-refractivity contribution is 0.0898. The predicted octanol–water partition coefficient (Wildman–Crippen LogP) is 5.11. The van der Waals surface area contributed by atoms with E-state index in [1.54, 1.807) is 24.8 Å². The lowest BCUT2D eigenvalue weighted by atomic mass is 9.73. The summed E-state index contributed by atoms with van der Waals surface area (Å²) >= 11 is 2.50. The molecule has 0 radical (unpaired) electrons. The molecule has 13 heteroatoms. The lowest BCUT2D eigenvalue weighted by Gasteiger charge is -2.41. The summed E-state index contributed by atoms with van der Waals surface area (Å²) in [5.74, 6) is -0.684. The topological polar surface area (TPSA) is 133 Å². The third kappa shape index (κ3) is 6.20. The Morgan fingerprint density at radius 2 is 1.85 bits per heavy atom. The number of nitrogens with zero attached hydrogens (tertiary/aromatic N) is 5. The van der Waals surface area contributed by atoms with Gasteiger partial charge in [0.25, 0.3) is 5.91 Å². The second-order valence-corrected chi connectivity index (χ2v) is 11.7. The molecule has 0 aliphatic carbocycles. The van der Waals surface area contributed by atoms with Crippen molar-refractivity contribution in [3.05, 3.63) is 84.0 Å². The summed E-state index contributed by atoms with van der Waals surface area (Å²) in [6.07, 6.45) is 8.13. The Morgan fingerprint density at radius 1 is 1.10 bits per heavy atom. The number of carbonyl (C=O) groups excluding carboxylic acids is 1. The number of nitrogens with one attached hydrogen (secondary N) is 2. The third-order valence-corrected chi connectivity index (χ3v) is 8.83. The molecule has 40 heavy (non-hydrogen) atoms. The normalized spacial score (nSPS) is 14.5. The van der Waals surface area contributed by atoms with E-state index in [4.69, 9.17) is 0 Å². The second kappa shape index (κ2) is 12.0. The van der Waals surface area contributed by atoms with Crippen molar-refractivity contribution in [2.45, 2.75) is 34.3 Å². The molecule has 10 nitrogen and oxygen atoms in total. The Morgan fingerprint density at radius 3 is 2.58 bits per heavy atom. The van der Waals surface area contributed by atoms with Gasteiger partial charge < -0.3 is 20.6 Å². The Bertz CT molecular complexity index is 1510. The molecule has 0 bridgehead atoms. The Hall–Kier alpha value is -4.10. The number of carboxylic acid groups (broad SMARTS) is 1. The molecule has 4 aromatic rings. The molecule has 1 saturated heterocycles. The molecule has 0 atom stereocenters. The molecule has 1 aliphatic heterocycles. The zero-order chi connectivity index (χ0) is 28.1. The molecular weight excluding hydrogens is 553 g/mol. The number of halogens is 1. The van der Waals surface area contributed by atoms with Crippen molar-refractivity contribution in [1.82, 2.24) is 30.2 Å². The van der Waals surface area contributed by atoms with Crippen LogP contribution in [0.3, 0.4) is 0 Å². The number of thiazole rings is 1. The monoisotopic (exact) mass is 579 g/mol. The molecule has 0 aromatic carbocycles. The highest BCUT2D eigenvalue weighted by Gasteiger charge is 2.38. The summed E-state index contributed by atoms with van der Waals surface area (Å²) < 4.78 is 16.2. The Balaban J connectivity index is 1.28. The fraction of sp³-hybridized carbons (Fsp3) is 0.259. The third-order valence-electron chi connectivity index (χ3n) is 6.79. The standard InChI is InChI=1S/C27H26FN7O3S2/c1-17-2-10-30-20(14-17)34-25-32-15-21(40-25)39-19-5-11-31-23(22(19)28)24(36)33-16-27(18-3-8-29-9-4-18)6-12-35(13-7-27)26(37)38/h2-5,8-11,14-15H,6-7,12-13,16H2,1H3,(H,33,36)(H,37,38)(H,30,32,34). The van der Waals surface area contributed by atoms with Gasteiger partial charge >= 0.3 is 6.09 Å². The number of amides is 2.